The second kappa shape index (κ2) is 14.7. The molecule has 1 amide bonds. The zero-order valence-electron chi connectivity index (χ0n) is 29.0. The van der Waals surface area contributed by atoms with Gasteiger partial charge in [-0.2, -0.15) is 19.6 Å². The quantitative estimate of drug-likeness (QED) is 0.146. The Bertz CT molecular complexity index is 1830. The highest BCUT2D eigenvalue weighted by Crippen LogP contribution is 2.38. The maximum absolute atomic E-state index is 12.7. The molecular weight excluding hydrogens is 600 g/mol. The first kappa shape index (κ1) is 33.4. The third-order valence-corrected chi connectivity index (χ3v) is 9.44. The summed E-state index contributed by atoms with van der Waals surface area (Å²) in [6, 6.07) is 12.9. The molecular formula is C38H48N8O2. The Morgan fingerprint density at radius 2 is 1.90 bits per heavy atom. The molecule has 0 atom stereocenters. The molecule has 48 heavy (non-hydrogen) atoms. The van der Waals surface area contributed by atoms with Gasteiger partial charge in [0.25, 0.3) is 0 Å². The van der Waals surface area contributed by atoms with Crippen LogP contribution in [0.4, 0.5) is 17.6 Å². The van der Waals surface area contributed by atoms with Crippen molar-refractivity contribution in [3.63, 3.8) is 0 Å². The van der Waals surface area contributed by atoms with Crippen LogP contribution in [-0.4, -0.2) is 70.3 Å². The number of hydrogen-bond donors (Lipinski definition) is 3. The Morgan fingerprint density at radius 3 is 2.65 bits per heavy atom. The van der Waals surface area contributed by atoms with Crippen LogP contribution in [0.25, 0.3) is 17.3 Å². The molecule has 0 radical (unpaired) electrons. The molecule has 0 bridgehead atoms. The molecule has 10 nitrogen and oxygen atoms in total. The molecule has 10 heteroatoms. The maximum Gasteiger partial charge on any atom is 0.248 e. The monoisotopic (exact) mass is 648 g/mol. The summed E-state index contributed by atoms with van der Waals surface area (Å²) in [5.74, 6) is 1.44. The summed E-state index contributed by atoms with van der Waals surface area (Å²) in [6.07, 6.45) is 12.8. The number of rotatable bonds is 12. The van der Waals surface area contributed by atoms with Gasteiger partial charge >= 0.3 is 0 Å². The normalized spacial score (nSPS) is 17.7. The van der Waals surface area contributed by atoms with Crippen LogP contribution in [0.1, 0.15) is 78.8 Å². The van der Waals surface area contributed by atoms with Crippen molar-refractivity contribution in [1.82, 2.24) is 24.5 Å². The predicted molar refractivity (Wildman–Crippen MR) is 194 cm³/mol. The Kier molecular flexibility index (Phi) is 10.2. The van der Waals surface area contributed by atoms with Crippen molar-refractivity contribution in [1.29, 1.82) is 0 Å². The Balaban J connectivity index is 1.23. The number of anilines is 3. The van der Waals surface area contributed by atoms with Gasteiger partial charge in [-0.05, 0) is 92.1 Å². The van der Waals surface area contributed by atoms with Crippen LogP contribution in [0.15, 0.2) is 54.7 Å². The average Bonchev–Trinajstić information content (AvgIpc) is 3.70. The van der Waals surface area contributed by atoms with E-state index in [0.29, 0.717) is 37.1 Å². The number of carbonyl (C=O) groups is 1. The third kappa shape index (κ3) is 7.45. The summed E-state index contributed by atoms with van der Waals surface area (Å²) in [5, 5.41) is 15.1. The van der Waals surface area contributed by atoms with Gasteiger partial charge in [-0.25, -0.2) is 0 Å². The van der Waals surface area contributed by atoms with E-state index in [2.05, 4.69) is 67.1 Å². The van der Waals surface area contributed by atoms with Crippen molar-refractivity contribution < 1.29 is 9.53 Å². The Morgan fingerprint density at radius 1 is 1.10 bits per heavy atom. The van der Waals surface area contributed by atoms with Gasteiger partial charge in [0.1, 0.15) is 0 Å². The van der Waals surface area contributed by atoms with Gasteiger partial charge in [0.05, 0.1) is 12.3 Å². The third-order valence-electron chi connectivity index (χ3n) is 9.44. The van der Waals surface area contributed by atoms with Gasteiger partial charge in [0.2, 0.25) is 17.8 Å². The molecule has 6 rings (SSSR count). The minimum absolute atomic E-state index is 0.119. The molecule has 0 unspecified atom stereocenters. The van der Waals surface area contributed by atoms with Gasteiger partial charge < -0.3 is 25.6 Å². The Hall–Kier alpha value is -4.54. The molecule has 1 saturated carbocycles. The van der Waals surface area contributed by atoms with E-state index < -0.39 is 0 Å². The van der Waals surface area contributed by atoms with Crippen molar-refractivity contribution >= 4 is 40.8 Å². The highest BCUT2D eigenvalue weighted by Gasteiger charge is 2.24. The van der Waals surface area contributed by atoms with Crippen molar-refractivity contribution in [3.8, 4) is 0 Å². The van der Waals surface area contributed by atoms with Crippen molar-refractivity contribution in [2.75, 3.05) is 43.7 Å². The fourth-order valence-electron chi connectivity index (χ4n) is 6.71. The van der Waals surface area contributed by atoms with Gasteiger partial charge in [-0.3, -0.25) is 4.79 Å². The number of carbonyl (C=O) groups excluding carboxylic acids is 1. The molecule has 1 fully saturated rings. The first-order valence-electron chi connectivity index (χ1n) is 17.0. The number of aromatic nitrogens is 4. The lowest BCUT2D eigenvalue weighted by molar-refractivity contribution is -0.111. The van der Waals surface area contributed by atoms with E-state index in [0.717, 1.165) is 60.1 Å². The van der Waals surface area contributed by atoms with Crippen molar-refractivity contribution in [2.24, 2.45) is 0 Å². The highest BCUT2D eigenvalue weighted by atomic mass is 16.5. The maximum atomic E-state index is 12.7. The van der Waals surface area contributed by atoms with Crippen molar-refractivity contribution in [2.45, 2.75) is 77.5 Å². The van der Waals surface area contributed by atoms with Crippen molar-refractivity contribution in [3.05, 3.63) is 88.1 Å². The van der Waals surface area contributed by atoms with E-state index in [4.69, 9.17) is 19.8 Å². The zero-order valence-corrected chi connectivity index (χ0v) is 29.0. The topological polar surface area (TPSA) is 109 Å². The second-order valence-electron chi connectivity index (χ2n) is 13.5. The van der Waals surface area contributed by atoms with Crippen LogP contribution in [0, 0.1) is 6.92 Å². The summed E-state index contributed by atoms with van der Waals surface area (Å²) in [7, 11) is 5.76. The SMILES string of the molecule is COC1CCC(Nc2nc(NCc3c(C)cccc3C3=Cc4cccc(NC(=O)/C=C/CN(C)C)c4C3)n3ncc(C(C)C)c3n2)CC1. The molecule has 2 heterocycles. The first-order chi connectivity index (χ1) is 23.2. The number of hydrogen-bond acceptors (Lipinski definition) is 8. The van der Waals surface area contributed by atoms with E-state index in [-0.39, 0.29) is 11.8 Å². The summed E-state index contributed by atoms with van der Waals surface area (Å²) in [5.41, 5.74) is 9.82. The summed E-state index contributed by atoms with van der Waals surface area (Å²) >= 11 is 0. The smallest absolute Gasteiger partial charge is 0.248 e. The van der Waals surface area contributed by atoms with Gasteiger partial charge in [0, 0.05) is 50.0 Å². The predicted octanol–water partition coefficient (Wildman–Crippen LogP) is 6.69. The van der Waals surface area contributed by atoms with Crippen LogP contribution in [0.2, 0.25) is 0 Å². The number of nitrogens with one attached hydrogen (secondary N) is 3. The minimum Gasteiger partial charge on any atom is -0.381 e. The molecule has 2 aromatic carbocycles. The van der Waals surface area contributed by atoms with E-state index >= 15 is 0 Å². The van der Waals surface area contributed by atoms with E-state index in [9.17, 15) is 4.79 Å². The standard InChI is InChI=1S/C38H48N8O2/c1-24(2)32-23-40-46-36(32)43-37(41-28-15-17-29(48-6)18-16-28)44-38(46)39-22-33-25(3)10-7-12-30(33)27-20-26-11-8-13-34(31(26)21-27)42-35(47)14-9-19-45(4)5/h7-14,20,23-24,28-29H,15-19,21-22H2,1-6H3,(H,42,47)(H2,39,41,43,44)/b14-9+. The number of methoxy groups -OCH3 is 1. The number of nitrogens with zero attached hydrogens (tertiary/aromatic N) is 5. The second-order valence-corrected chi connectivity index (χ2v) is 13.5. The number of amides is 1. The molecule has 0 saturated heterocycles. The number of likely N-dealkylation sites (N-methyl/N-ethyl adjacent to an activating group) is 1. The summed E-state index contributed by atoms with van der Waals surface area (Å²) < 4.78 is 7.41. The molecule has 4 aromatic rings. The fourth-order valence-corrected chi connectivity index (χ4v) is 6.71. The largest absolute Gasteiger partial charge is 0.381 e. The molecule has 0 spiro atoms. The van der Waals surface area contributed by atoms with Crippen LogP contribution < -0.4 is 16.0 Å². The van der Waals surface area contributed by atoms with E-state index in [1.54, 1.807) is 13.2 Å². The van der Waals surface area contributed by atoms with Gasteiger partial charge in [-0.1, -0.05) is 56.3 Å². The highest BCUT2D eigenvalue weighted by molar-refractivity contribution is 6.01. The lowest BCUT2D eigenvalue weighted by atomic mass is 9.93. The summed E-state index contributed by atoms with van der Waals surface area (Å²) in [4.78, 5) is 24.6. The lowest BCUT2D eigenvalue weighted by Gasteiger charge is -2.28. The van der Waals surface area contributed by atoms with Crippen LogP contribution in [0.3, 0.4) is 0 Å². The number of benzene rings is 2. The number of aryl methyl sites for hydroxylation is 1. The molecule has 252 valence electrons. The van der Waals surface area contributed by atoms with Gasteiger partial charge in [0.15, 0.2) is 5.65 Å². The molecule has 2 aliphatic carbocycles. The van der Waals surface area contributed by atoms with E-state index in [1.165, 1.54) is 22.3 Å². The molecule has 0 aliphatic heterocycles. The number of allylic oxidation sites excluding steroid dienone is 1. The first-order valence-corrected chi connectivity index (χ1v) is 17.0. The summed E-state index contributed by atoms with van der Waals surface area (Å²) in [6.45, 7) is 7.76. The lowest BCUT2D eigenvalue weighted by Crippen LogP contribution is -2.30. The fraction of sp³-hybridized carbons (Fsp3) is 0.421. The van der Waals surface area contributed by atoms with Crippen LogP contribution in [-0.2, 0) is 22.5 Å². The Labute approximate surface area is 283 Å². The van der Waals surface area contributed by atoms with Gasteiger partial charge in [-0.15, -0.1) is 0 Å². The van der Waals surface area contributed by atoms with Crippen LogP contribution in [0.5, 0.6) is 0 Å². The van der Waals surface area contributed by atoms with Crippen LogP contribution >= 0.6 is 0 Å². The average molecular weight is 649 g/mol. The van der Waals surface area contributed by atoms with E-state index in [1.807, 2.05) is 47.9 Å². The molecule has 2 aliphatic rings. The number of ether oxygens (including phenoxy) is 1. The minimum atomic E-state index is -0.119. The molecule has 3 N–H and O–H groups in total. The molecule has 2 aromatic heterocycles. The number of fused-ring (bicyclic) bond motifs is 2. The zero-order chi connectivity index (χ0) is 33.8.